The molecule has 6 rings (SSSR count). The minimum atomic E-state index is -2.22. The molecule has 0 aliphatic carbocycles. The Bertz CT molecular complexity index is 2030. The van der Waals surface area contributed by atoms with Crippen LogP contribution in [0, 0.1) is 0 Å². The fourth-order valence-electron chi connectivity index (χ4n) is 6.07. The van der Waals surface area contributed by atoms with Crippen molar-refractivity contribution in [3.63, 3.8) is 0 Å². The number of aryl methyl sites for hydroxylation is 3. The van der Waals surface area contributed by atoms with Crippen LogP contribution in [0.15, 0.2) is 48.5 Å². The lowest BCUT2D eigenvalue weighted by molar-refractivity contribution is 0.199. The van der Waals surface area contributed by atoms with Gasteiger partial charge in [-0.3, -0.25) is 8.93 Å². The fraction of sp³-hybridized carbons (Fsp3) is 0.429. The van der Waals surface area contributed by atoms with Crippen molar-refractivity contribution in [3.8, 4) is 0 Å². The molecule has 0 amide bonds. The summed E-state index contributed by atoms with van der Waals surface area (Å²) in [5.41, 5.74) is 17.7. The fourth-order valence-corrected chi connectivity index (χ4v) is 6.72. The van der Waals surface area contributed by atoms with E-state index in [1.807, 2.05) is 42.5 Å². The monoisotopic (exact) mass is 721 g/mol. The summed E-state index contributed by atoms with van der Waals surface area (Å²) < 4.78 is 36.5. The van der Waals surface area contributed by atoms with E-state index in [0.717, 1.165) is 102 Å². The van der Waals surface area contributed by atoms with Crippen molar-refractivity contribution in [2.24, 2.45) is 0 Å². The summed E-state index contributed by atoms with van der Waals surface area (Å²) in [5.74, 6) is 2.92. The molecule has 1 atom stereocenters. The van der Waals surface area contributed by atoms with Crippen LogP contribution < -0.4 is 20.9 Å². The summed E-state index contributed by atoms with van der Waals surface area (Å²) in [6.45, 7) is 5.82. The number of benzene rings is 2. The van der Waals surface area contributed by atoms with E-state index < -0.39 is 11.3 Å². The van der Waals surface area contributed by atoms with Crippen LogP contribution in [0.5, 0.6) is 0 Å². The highest BCUT2D eigenvalue weighted by Crippen LogP contribution is 2.30. The maximum Gasteiger partial charge on any atom is 0.152 e. The molecule has 6 N–H and O–H groups in total. The van der Waals surface area contributed by atoms with Crippen molar-refractivity contribution in [1.29, 1.82) is 0 Å². The number of nitrogens with zero attached hydrogens (tertiary/aromatic N) is 6. The van der Waals surface area contributed by atoms with Gasteiger partial charge in [-0.15, -0.1) is 0 Å². The molecule has 50 heavy (non-hydrogen) atoms. The molecule has 0 spiro atoms. The van der Waals surface area contributed by atoms with Gasteiger partial charge in [0.25, 0.3) is 0 Å². The third-order valence-electron chi connectivity index (χ3n) is 8.31. The van der Waals surface area contributed by atoms with Gasteiger partial charge in [-0.25, -0.2) is 24.7 Å². The highest BCUT2D eigenvalue weighted by Gasteiger charge is 2.18. The number of fused-ring (bicyclic) bond motifs is 6. The number of pyridine rings is 2. The first-order chi connectivity index (χ1) is 23.9. The number of para-hydroxylation sites is 2. The lowest BCUT2D eigenvalue weighted by atomic mass is 10.2. The van der Waals surface area contributed by atoms with E-state index in [1.54, 1.807) is 19.1 Å². The van der Waals surface area contributed by atoms with Gasteiger partial charge in [-0.1, -0.05) is 62.7 Å². The van der Waals surface area contributed by atoms with Gasteiger partial charge >= 0.3 is 0 Å². The minimum Gasteiger partial charge on any atom is -0.760 e. The molecule has 270 valence electrons. The lowest BCUT2D eigenvalue weighted by Gasteiger charge is -2.11. The molecule has 0 aliphatic heterocycles. The number of hydrogen-bond acceptors (Lipinski definition) is 11. The molecule has 0 saturated carbocycles. The van der Waals surface area contributed by atoms with E-state index in [9.17, 15) is 8.76 Å². The Morgan fingerprint density at radius 1 is 0.820 bits per heavy atom. The Hall–Kier alpha value is -3.86. The summed E-state index contributed by atoms with van der Waals surface area (Å²) in [5, 5.41) is 2.14. The zero-order valence-electron chi connectivity index (χ0n) is 28.3. The molecule has 2 aromatic carbocycles. The van der Waals surface area contributed by atoms with Gasteiger partial charge in [0.15, 0.2) is 11.6 Å². The third kappa shape index (κ3) is 9.08. The van der Waals surface area contributed by atoms with Crippen LogP contribution >= 0.6 is 11.9 Å². The van der Waals surface area contributed by atoms with Crippen LogP contribution in [-0.4, -0.2) is 70.9 Å². The second-order valence-corrected chi connectivity index (χ2v) is 13.0. The quantitative estimate of drug-likeness (QED) is 0.0559. The molecule has 0 aliphatic rings. The van der Waals surface area contributed by atoms with Gasteiger partial charge in [-0.2, -0.15) is 0 Å². The second-order valence-electron chi connectivity index (χ2n) is 11.5. The van der Waals surface area contributed by atoms with Crippen molar-refractivity contribution in [2.45, 2.75) is 66.0 Å². The average molecular weight is 722 g/mol. The Kier molecular flexibility index (Phi) is 14.7. The van der Waals surface area contributed by atoms with Gasteiger partial charge in [0.05, 0.1) is 28.7 Å². The molecule has 0 fully saturated rings. The topological polar surface area (TPSA) is 187 Å². The molecule has 0 bridgehead atoms. The zero-order valence-corrected chi connectivity index (χ0v) is 29.9. The predicted molar refractivity (Wildman–Crippen MR) is 207 cm³/mol. The molecule has 4 heterocycles. The van der Waals surface area contributed by atoms with Crippen LogP contribution in [0.1, 0.15) is 51.7 Å². The lowest BCUT2D eigenvalue weighted by Crippen LogP contribution is -2.18. The summed E-state index contributed by atoms with van der Waals surface area (Å²) in [6.07, 6.45) is 7.42. The third-order valence-corrected chi connectivity index (χ3v) is 9.24. The highest BCUT2D eigenvalue weighted by atomic mass is 32.2. The van der Waals surface area contributed by atoms with Gasteiger partial charge in [-0.05, 0) is 44.1 Å². The Morgan fingerprint density at radius 3 is 1.86 bits per heavy atom. The number of unbranched alkanes of at least 4 members (excludes halogenated alkanes) is 2. The Labute approximate surface area is 300 Å². The molecule has 0 radical (unpaired) electrons. The maximum atomic E-state index is 10.6. The van der Waals surface area contributed by atoms with Crippen molar-refractivity contribution in [2.75, 3.05) is 44.5 Å². The van der Waals surface area contributed by atoms with Crippen LogP contribution in [0.3, 0.4) is 0 Å². The molecule has 1 unspecified atom stereocenters. The predicted octanol–water partition coefficient (Wildman–Crippen LogP) is 5.53. The number of nitrogen functional groups attached to an aromatic ring is 2. The number of aromatic nitrogens is 6. The molecule has 6 aromatic rings. The van der Waals surface area contributed by atoms with Crippen LogP contribution in [0.4, 0.5) is 11.6 Å². The second kappa shape index (κ2) is 18.9. The van der Waals surface area contributed by atoms with E-state index in [1.165, 1.54) is 0 Å². The SMILES string of the molecule is C.CCc1nc2c(N)nc3ccccc3c2n1CCCCNSC.COCCc1nc2c(N)nc3ccccc3c2n1CCCCNS(=O)[O-]. The summed E-state index contributed by atoms with van der Waals surface area (Å²) in [4.78, 5) is 18.4. The number of nitrogens with two attached hydrogens (primary N) is 2. The van der Waals surface area contributed by atoms with Crippen molar-refractivity contribution in [1.82, 2.24) is 38.5 Å². The van der Waals surface area contributed by atoms with Crippen LogP contribution in [0.2, 0.25) is 0 Å². The van der Waals surface area contributed by atoms with E-state index >= 15 is 0 Å². The number of nitrogens with one attached hydrogen (secondary N) is 2. The number of rotatable bonds is 16. The number of anilines is 2. The molecular formula is C35H49N10O3S2-. The normalized spacial score (nSPS) is 12.0. The first-order valence-corrected chi connectivity index (χ1v) is 18.8. The van der Waals surface area contributed by atoms with Crippen LogP contribution in [0.25, 0.3) is 43.9 Å². The molecule has 0 saturated heterocycles. The Morgan fingerprint density at radius 2 is 1.34 bits per heavy atom. The largest absolute Gasteiger partial charge is 0.760 e. The molecule has 4 aromatic heterocycles. The van der Waals surface area contributed by atoms with Crippen molar-refractivity contribution < 1.29 is 13.5 Å². The average Bonchev–Trinajstić information content (AvgIpc) is 3.67. The number of hydrogen-bond donors (Lipinski definition) is 4. The van der Waals surface area contributed by atoms with Crippen molar-refractivity contribution >= 4 is 78.7 Å². The highest BCUT2D eigenvalue weighted by molar-refractivity contribution is 7.96. The maximum absolute atomic E-state index is 10.6. The van der Waals surface area contributed by atoms with Gasteiger partial charge in [0.2, 0.25) is 0 Å². The van der Waals surface area contributed by atoms with Crippen LogP contribution in [-0.2, 0) is 41.9 Å². The van der Waals surface area contributed by atoms with Gasteiger partial charge < -0.3 is 29.9 Å². The van der Waals surface area contributed by atoms with E-state index in [4.69, 9.17) is 26.2 Å². The minimum absolute atomic E-state index is 0. The van der Waals surface area contributed by atoms with Gasteiger partial charge in [0.1, 0.15) is 22.7 Å². The standard InChI is InChI=1S/C17H23N5O3S.C17H23N5S.CH4/c1-25-11-8-14-21-15-16(22(14)10-5-4-9-19-26(23)24)12-6-2-3-7-13(12)20-17(15)18;1-3-14-21-15-16(22(14)11-7-6-10-19-23-2)12-8-4-5-9-13(12)20-17(15)18;/h2-3,6-7,19H,4-5,8-11H2,1H3,(H2,18,20)(H,23,24);4-5,8-9,19H,3,6-7,10-11H2,1-2H3,(H2,18,20);1H4/p-1. The summed E-state index contributed by atoms with van der Waals surface area (Å²) in [6, 6.07) is 16.0. The molecular weight excluding hydrogens is 673 g/mol. The molecule has 13 nitrogen and oxygen atoms in total. The zero-order chi connectivity index (χ0) is 34.8. The summed E-state index contributed by atoms with van der Waals surface area (Å²) in [7, 11) is 1.66. The van der Waals surface area contributed by atoms with E-state index in [-0.39, 0.29) is 7.43 Å². The van der Waals surface area contributed by atoms with E-state index in [0.29, 0.717) is 36.7 Å². The number of ether oxygens (including phenoxy) is 1. The Balaban J connectivity index is 0.000000222. The number of imidazole rings is 2. The van der Waals surface area contributed by atoms with E-state index in [2.05, 4.69) is 47.8 Å². The molecule has 15 heteroatoms. The van der Waals surface area contributed by atoms with Crippen molar-refractivity contribution in [3.05, 3.63) is 60.2 Å². The number of methoxy groups -OCH3 is 1. The smallest absolute Gasteiger partial charge is 0.152 e. The first-order valence-electron chi connectivity index (χ1n) is 16.5. The first kappa shape index (κ1) is 38.9. The van der Waals surface area contributed by atoms with Gasteiger partial charge in [0, 0.05) is 68.2 Å². The summed E-state index contributed by atoms with van der Waals surface area (Å²) >= 11 is -0.549.